The molecule has 0 heterocycles. The standard InChI is InChI=1S/C11H12BrCl/c1-7-3-2-4-9-10(7)5-8(12)6-11(9)13/h5-7H,2-4H2,1H3. The lowest BCUT2D eigenvalue weighted by Gasteiger charge is -2.23. The summed E-state index contributed by atoms with van der Waals surface area (Å²) in [5, 5.41) is 0.927. The summed E-state index contributed by atoms with van der Waals surface area (Å²) in [6, 6.07) is 4.21. The van der Waals surface area contributed by atoms with Crippen LogP contribution in [0.3, 0.4) is 0 Å². The lowest BCUT2D eigenvalue weighted by atomic mass is 9.84. The van der Waals surface area contributed by atoms with Gasteiger partial charge in [0.05, 0.1) is 0 Å². The molecule has 0 amide bonds. The predicted molar refractivity (Wildman–Crippen MR) is 60.5 cm³/mol. The van der Waals surface area contributed by atoms with Crippen LogP contribution in [0.25, 0.3) is 0 Å². The Labute approximate surface area is 92.4 Å². The van der Waals surface area contributed by atoms with Crippen molar-refractivity contribution < 1.29 is 0 Å². The van der Waals surface area contributed by atoms with Gasteiger partial charge >= 0.3 is 0 Å². The normalized spacial score (nSPS) is 21.3. The van der Waals surface area contributed by atoms with E-state index in [2.05, 4.69) is 28.9 Å². The molecule has 0 saturated carbocycles. The first-order valence-electron chi connectivity index (χ1n) is 4.66. The van der Waals surface area contributed by atoms with Crippen molar-refractivity contribution in [1.29, 1.82) is 0 Å². The molecule has 13 heavy (non-hydrogen) atoms. The van der Waals surface area contributed by atoms with E-state index in [0.29, 0.717) is 5.92 Å². The molecule has 0 N–H and O–H groups in total. The maximum Gasteiger partial charge on any atom is 0.0452 e. The first-order valence-corrected chi connectivity index (χ1v) is 5.83. The summed E-state index contributed by atoms with van der Waals surface area (Å²) in [5.41, 5.74) is 2.80. The van der Waals surface area contributed by atoms with Gasteiger partial charge in [0, 0.05) is 9.50 Å². The molecule has 2 heteroatoms. The fourth-order valence-corrected chi connectivity index (χ4v) is 3.00. The van der Waals surface area contributed by atoms with Crippen LogP contribution in [-0.4, -0.2) is 0 Å². The van der Waals surface area contributed by atoms with Gasteiger partial charge in [-0.05, 0) is 48.4 Å². The van der Waals surface area contributed by atoms with Crippen molar-refractivity contribution in [2.45, 2.75) is 32.1 Å². The zero-order valence-corrected chi connectivity index (χ0v) is 9.95. The van der Waals surface area contributed by atoms with E-state index in [1.54, 1.807) is 0 Å². The highest BCUT2D eigenvalue weighted by atomic mass is 79.9. The van der Waals surface area contributed by atoms with Crippen LogP contribution in [-0.2, 0) is 6.42 Å². The molecule has 0 radical (unpaired) electrons. The fraction of sp³-hybridized carbons (Fsp3) is 0.455. The zero-order chi connectivity index (χ0) is 9.42. The minimum Gasteiger partial charge on any atom is -0.0840 e. The molecule has 0 saturated heterocycles. The summed E-state index contributed by atoms with van der Waals surface area (Å²) in [7, 11) is 0. The van der Waals surface area contributed by atoms with Gasteiger partial charge in [0.25, 0.3) is 0 Å². The summed E-state index contributed by atoms with van der Waals surface area (Å²) in [6.07, 6.45) is 3.71. The smallest absolute Gasteiger partial charge is 0.0452 e. The molecular weight excluding hydrogens is 247 g/mol. The zero-order valence-electron chi connectivity index (χ0n) is 7.61. The van der Waals surface area contributed by atoms with Crippen LogP contribution < -0.4 is 0 Å². The fourth-order valence-electron chi connectivity index (χ4n) is 2.07. The molecular formula is C11H12BrCl. The summed E-state index contributed by atoms with van der Waals surface area (Å²) in [4.78, 5) is 0. The Morgan fingerprint density at radius 1 is 1.46 bits per heavy atom. The van der Waals surface area contributed by atoms with Crippen molar-refractivity contribution in [2.75, 3.05) is 0 Å². The van der Waals surface area contributed by atoms with Crippen LogP contribution in [0.5, 0.6) is 0 Å². The maximum absolute atomic E-state index is 6.18. The van der Waals surface area contributed by atoms with E-state index >= 15 is 0 Å². The lowest BCUT2D eigenvalue weighted by molar-refractivity contribution is 0.590. The van der Waals surface area contributed by atoms with Gasteiger partial charge in [0.1, 0.15) is 0 Å². The van der Waals surface area contributed by atoms with Crippen LogP contribution in [0, 0.1) is 0 Å². The summed E-state index contributed by atoms with van der Waals surface area (Å²) in [6.45, 7) is 2.28. The third kappa shape index (κ3) is 1.77. The van der Waals surface area contributed by atoms with Crippen molar-refractivity contribution in [3.05, 3.63) is 32.8 Å². The van der Waals surface area contributed by atoms with E-state index in [1.807, 2.05) is 6.07 Å². The third-order valence-corrected chi connectivity index (χ3v) is 3.58. The van der Waals surface area contributed by atoms with Gasteiger partial charge in [-0.25, -0.2) is 0 Å². The van der Waals surface area contributed by atoms with Gasteiger partial charge < -0.3 is 0 Å². The highest BCUT2D eigenvalue weighted by molar-refractivity contribution is 9.10. The van der Waals surface area contributed by atoms with Crippen molar-refractivity contribution in [3.8, 4) is 0 Å². The number of hydrogen-bond donors (Lipinski definition) is 0. The molecule has 1 aromatic carbocycles. The number of halogens is 2. The summed E-state index contributed by atoms with van der Waals surface area (Å²) < 4.78 is 1.10. The summed E-state index contributed by atoms with van der Waals surface area (Å²) >= 11 is 9.67. The molecule has 1 unspecified atom stereocenters. The van der Waals surface area contributed by atoms with Crippen LogP contribution in [0.4, 0.5) is 0 Å². The number of benzene rings is 1. The highest BCUT2D eigenvalue weighted by Gasteiger charge is 2.18. The van der Waals surface area contributed by atoms with Gasteiger partial charge in [0.2, 0.25) is 0 Å². The third-order valence-electron chi connectivity index (χ3n) is 2.79. The Morgan fingerprint density at radius 3 is 3.00 bits per heavy atom. The van der Waals surface area contributed by atoms with Crippen molar-refractivity contribution in [2.24, 2.45) is 0 Å². The van der Waals surface area contributed by atoms with Crippen molar-refractivity contribution >= 4 is 27.5 Å². The number of hydrogen-bond acceptors (Lipinski definition) is 0. The van der Waals surface area contributed by atoms with Crippen LogP contribution in [0.15, 0.2) is 16.6 Å². The molecule has 2 rings (SSSR count). The number of fused-ring (bicyclic) bond motifs is 1. The van der Waals surface area contributed by atoms with Gasteiger partial charge in [-0.3, -0.25) is 0 Å². The van der Waals surface area contributed by atoms with Crippen molar-refractivity contribution in [3.63, 3.8) is 0 Å². The second-order valence-corrected chi connectivity index (χ2v) is 5.07. The van der Waals surface area contributed by atoms with Gasteiger partial charge in [-0.2, -0.15) is 0 Å². The first kappa shape index (κ1) is 9.54. The molecule has 0 bridgehead atoms. The minimum atomic E-state index is 0.666. The molecule has 0 spiro atoms. The van der Waals surface area contributed by atoms with Crippen LogP contribution >= 0.6 is 27.5 Å². The molecule has 0 aliphatic heterocycles. The molecule has 1 aliphatic carbocycles. The summed E-state index contributed by atoms with van der Waals surface area (Å²) in [5.74, 6) is 0.666. The van der Waals surface area contributed by atoms with E-state index in [0.717, 1.165) is 15.9 Å². The lowest BCUT2D eigenvalue weighted by Crippen LogP contribution is -2.07. The van der Waals surface area contributed by atoms with Crippen LogP contribution in [0.2, 0.25) is 5.02 Å². The number of rotatable bonds is 0. The topological polar surface area (TPSA) is 0 Å². The van der Waals surface area contributed by atoms with E-state index in [4.69, 9.17) is 11.6 Å². The second-order valence-electron chi connectivity index (χ2n) is 3.75. The Morgan fingerprint density at radius 2 is 2.23 bits per heavy atom. The maximum atomic E-state index is 6.18. The van der Waals surface area contributed by atoms with E-state index in [-0.39, 0.29) is 0 Å². The highest BCUT2D eigenvalue weighted by Crippen LogP contribution is 2.37. The quantitative estimate of drug-likeness (QED) is 0.641. The monoisotopic (exact) mass is 258 g/mol. The van der Waals surface area contributed by atoms with Gasteiger partial charge in [-0.15, -0.1) is 0 Å². The average Bonchev–Trinajstić information content (AvgIpc) is 2.07. The Bertz CT molecular complexity index is 333. The Hall–Kier alpha value is -0.0100. The second kappa shape index (κ2) is 3.62. The Balaban J connectivity index is 2.56. The molecule has 0 nitrogen and oxygen atoms in total. The molecule has 0 aromatic heterocycles. The Kier molecular flexibility index (Phi) is 2.66. The van der Waals surface area contributed by atoms with Gasteiger partial charge in [0.15, 0.2) is 0 Å². The SMILES string of the molecule is CC1CCCc2c(Cl)cc(Br)cc21. The van der Waals surface area contributed by atoms with E-state index in [1.165, 1.54) is 24.0 Å². The largest absolute Gasteiger partial charge is 0.0840 e. The predicted octanol–water partition coefficient (Wildman–Crippen LogP) is 4.54. The minimum absolute atomic E-state index is 0.666. The first-order chi connectivity index (χ1) is 6.18. The van der Waals surface area contributed by atoms with Crippen LogP contribution in [0.1, 0.15) is 36.8 Å². The molecule has 70 valence electrons. The molecule has 1 aromatic rings. The average molecular weight is 260 g/mol. The van der Waals surface area contributed by atoms with E-state index in [9.17, 15) is 0 Å². The molecule has 1 aliphatic rings. The van der Waals surface area contributed by atoms with E-state index < -0.39 is 0 Å². The van der Waals surface area contributed by atoms with Crippen molar-refractivity contribution in [1.82, 2.24) is 0 Å². The molecule has 0 fully saturated rings. The molecule has 1 atom stereocenters. The van der Waals surface area contributed by atoms with Gasteiger partial charge in [-0.1, -0.05) is 34.5 Å².